The number of hydrogen-bond donors (Lipinski definition) is 1. The van der Waals surface area contributed by atoms with Crippen LogP contribution in [0.3, 0.4) is 0 Å². The Bertz CT molecular complexity index is 799. The van der Waals surface area contributed by atoms with Crippen molar-refractivity contribution in [1.82, 2.24) is 5.32 Å². The number of rotatable bonds is 7. The molecular formula is C19H25ClN2O3S. The molecule has 3 rings (SSSR count). The number of ether oxygens (including phenoxy) is 1. The molecular weight excluding hydrogens is 372 g/mol. The summed E-state index contributed by atoms with van der Waals surface area (Å²) in [4.78, 5) is 0. The second-order valence-electron chi connectivity index (χ2n) is 6.05. The summed E-state index contributed by atoms with van der Waals surface area (Å²) in [5.41, 5.74) is 0.294. The lowest BCUT2D eigenvalue weighted by Crippen LogP contribution is -2.44. The molecule has 0 saturated carbocycles. The van der Waals surface area contributed by atoms with Crippen molar-refractivity contribution in [3.8, 4) is 5.75 Å². The minimum atomic E-state index is -3.65. The number of sulfonamides is 1. The van der Waals surface area contributed by atoms with E-state index in [1.165, 1.54) is 4.31 Å². The lowest BCUT2D eigenvalue weighted by atomic mass is 10.2. The van der Waals surface area contributed by atoms with Gasteiger partial charge in [-0.1, -0.05) is 43.7 Å². The second kappa shape index (κ2) is 9.26. The molecule has 1 aliphatic rings. The summed E-state index contributed by atoms with van der Waals surface area (Å²) in [6.07, 6.45) is 2.60. The van der Waals surface area contributed by atoms with E-state index in [2.05, 4.69) is 12.2 Å². The first-order valence-electron chi connectivity index (χ1n) is 8.70. The van der Waals surface area contributed by atoms with E-state index in [0.29, 0.717) is 30.1 Å². The summed E-state index contributed by atoms with van der Waals surface area (Å²) in [6.45, 7) is 3.63. The van der Waals surface area contributed by atoms with Gasteiger partial charge in [0.15, 0.2) is 0 Å². The monoisotopic (exact) mass is 396 g/mol. The molecule has 2 aromatic rings. The summed E-state index contributed by atoms with van der Waals surface area (Å²) in [6, 6.07) is 16.4. The lowest BCUT2D eigenvalue weighted by Gasteiger charge is -2.35. The van der Waals surface area contributed by atoms with Crippen LogP contribution >= 0.6 is 12.4 Å². The number of unbranched alkanes of at least 4 members (excludes halogenated alkanes) is 1. The highest BCUT2D eigenvalue weighted by Crippen LogP contribution is 2.42. The molecule has 0 aliphatic carbocycles. The van der Waals surface area contributed by atoms with Gasteiger partial charge in [0, 0.05) is 6.42 Å². The minimum absolute atomic E-state index is 0. The molecule has 1 unspecified atom stereocenters. The Morgan fingerprint density at radius 3 is 2.46 bits per heavy atom. The molecule has 0 spiro atoms. The van der Waals surface area contributed by atoms with Gasteiger partial charge in [0.25, 0.3) is 10.0 Å². The number of nitrogens with zero attached hydrogens (tertiary/aromatic N) is 1. The number of halogens is 1. The molecule has 1 heterocycles. The Labute approximate surface area is 161 Å². The molecule has 2 aromatic carbocycles. The van der Waals surface area contributed by atoms with E-state index in [9.17, 15) is 8.42 Å². The Hall–Kier alpha value is -1.76. The van der Waals surface area contributed by atoms with E-state index in [4.69, 9.17) is 4.74 Å². The summed E-state index contributed by atoms with van der Waals surface area (Å²) in [5.74, 6) is 0.597. The van der Waals surface area contributed by atoms with Crippen molar-refractivity contribution in [2.75, 3.05) is 17.4 Å². The fraction of sp³-hybridized carbons (Fsp3) is 0.368. The van der Waals surface area contributed by atoms with Crippen LogP contribution in [0.1, 0.15) is 26.2 Å². The smallest absolute Gasteiger partial charge is 0.278 e. The maximum atomic E-state index is 13.2. The van der Waals surface area contributed by atoms with Gasteiger partial charge in [-0.05, 0) is 43.8 Å². The highest BCUT2D eigenvalue weighted by atomic mass is 35.5. The Morgan fingerprint density at radius 1 is 1.04 bits per heavy atom. The molecule has 1 N–H and O–H groups in total. The van der Waals surface area contributed by atoms with Crippen LogP contribution in [0.25, 0.3) is 0 Å². The lowest BCUT2D eigenvalue weighted by molar-refractivity contribution is 0.256. The summed E-state index contributed by atoms with van der Waals surface area (Å²) in [5, 5.41) is 3.29. The first kappa shape index (κ1) is 20.6. The summed E-state index contributed by atoms with van der Waals surface area (Å²) < 4.78 is 33.6. The van der Waals surface area contributed by atoms with E-state index in [1.807, 2.05) is 36.4 Å². The van der Waals surface area contributed by atoms with Crippen LogP contribution < -0.4 is 14.4 Å². The van der Waals surface area contributed by atoms with E-state index < -0.39 is 15.5 Å². The molecule has 0 saturated heterocycles. The first-order valence-corrected chi connectivity index (χ1v) is 10.2. The Morgan fingerprint density at radius 2 is 1.73 bits per heavy atom. The van der Waals surface area contributed by atoms with Gasteiger partial charge in [0.05, 0.1) is 11.4 Å². The van der Waals surface area contributed by atoms with Crippen LogP contribution in [0.5, 0.6) is 5.75 Å². The summed E-state index contributed by atoms with van der Waals surface area (Å²) in [7, 11) is -3.65. The third-order valence-corrected chi connectivity index (χ3v) is 6.10. The zero-order chi connectivity index (χ0) is 17.7. The fourth-order valence-corrected chi connectivity index (χ4v) is 4.60. The Kier molecular flexibility index (Phi) is 7.32. The van der Waals surface area contributed by atoms with Crippen molar-refractivity contribution in [3.63, 3.8) is 0 Å². The SMILES string of the molecule is CCCCNCCC1Oc2ccccc2N(c2ccccc2)S1(=O)=O.Cl. The van der Waals surface area contributed by atoms with Gasteiger partial charge in [-0.15, -0.1) is 12.4 Å². The number of hydrogen-bond acceptors (Lipinski definition) is 4. The van der Waals surface area contributed by atoms with Gasteiger partial charge in [0.1, 0.15) is 5.75 Å². The van der Waals surface area contributed by atoms with Gasteiger partial charge >= 0.3 is 0 Å². The molecule has 1 atom stereocenters. The largest absolute Gasteiger partial charge is 0.470 e. The van der Waals surface area contributed by atoms with Gasteiger partial charge < -0.3 is 10.1 Å². The van der Waals surface area contributed by atoms with Crippen molar-refractivity contribution in [3.05, 3.63) is 54.6 Å². The van der Waals surface area contributed by atoms with E-state index in [0.717, 1.165) is 19.4 Å². The molecule has 0 amide bonds. The predicted octanol–water partition coefficient (Wildman–Crippen LogP) is 4.07. The van der Waals surface area contributed by atoms with E-state index in [-0.39, 0.29) is 12.4 Å². The third kappa shape index (κ3) is 4.31. The molecule has 26 heavy (non-hydrogen) atoms. The van der Waals surface area contributed by atoms with Crippen molar-refractivity contribution >= 4 is 33.8 Å². The number of anilines is 2. The Balaban J connectivity index is 0.00000243. The molecule has 5 nitrogen and oxygen atoms in total. The van der Waals surface area contributed by atoms with Crippen molar-refractivity contribution in [2.24, 2.45) is 0 Å². The third-order valence-electron chi connectivity index (χ3n) is 4.18. The quantitative estimate of drug-likeness (QED) is 0.716. The fourth-order valence-electron chi connectivity index (χ4n) is 2.89. The predicted molar refractivity (Wildman–Crippen MR) is 108 cm³/mol. The molecule has 0 aromatic heterocycles. The van der Waals surface area contributed by atoms with Crippen molar-refractivity contribution in [1.29, 1.82) is 0 Å². The maximum absolute atomic E-state index is 13.2. The number of nitrogens with one attached hydrogen (secondary N) is 1. The number of para-hydroxylation sites is 3. The highest BCUT2D eigenvalue weighted by molar-refractivity contribution is 7.93. The molecule has 0 fully saturated rings. The van der Waals surface area contributed by atoms with Crippen molar-refractivity contribution in [2.45, 2.75) is 31.6 Å². The van der Waals surface area contributed by atoms with Crippen LogP contribution in [-0.4, -0.2) is 26.9 Å². The zero-order valence-electron chi connectivity index (χ0n) is 14.8. The number of benzene rings is 2. The van der Waals surface area contributed by atoms with E-state index in [1.54, 1.807) is 18.2 Å². The zero-order valence-corrected chi connectivity index (χ0v) is 16.4. The van der Waals surface area contributed by atoms with Crippen LogP contribution in [-0.2, 0) is 10.0 Å². The second-order valence-corrected chi connectivity index (χ2v) is 7.97. The van der Waals surface area contributed by atoms with Crippen LogP contribution in [0, 0.1) is 0 Å². The van der Waals surface area contributed by atoms with Crippen molar-refractivity contribution < 1.29 is 13.2 Å². The molecule has 7 heteroatoms. The average molecular weight is 397 g/mol. The van der Waals surface area contributed by atoms with Crippen LogP contribution in [0.4, 0.5) is 11.4 Å². The highest BCUT2D eigenvalue weighted by Gasteiger charge is 2.40. The topological polar surface area (TPSA) is 58.6 Å². The van der Waals surface area contributed by atoms with Crippen LogP contribution in [0.15, 0.2) is 54.6 Å². The molecule has 142 valence electrons. The minimum Gasteiger partial charge on any atom is -0.470 e. The van der Waals surface area contributed by atoms with Gasteiger partial charge in [-0.25, -0.2) is 12.7 Å². The van der Waals surface area contributed by atoms with Crippen LogP contribution in [0.2, 0.25) is 0 Å². The molecule has 1 aliphatic heterocycles. The van der Waals surface area contributed by atoms with Gasteiger partial charge in [0.2, 0.25) is 5.44 Å². The molecule has 0 bridgehead atoms. The first-order chi connectivity index (χ1) is 12.1. The van der Waals surface area contributed by atoms with E-state index >= 15 is 0 Å². The average Bonchev–Trinajstić information content (AvgIpc) is 2.62. The standard InChI is InChI=1S/C19H24N2O3S.ClH/c1-2-3-14-20-15-13-19-24-18-12-8-7-11-17(18)21(25(19,22)23)16-9-5-4-6-10-16;/h4-12,19-20H,2-3,13-15H2,1H3;1H. The molecule has 0 radical (unpaired) electrons. The normalized spacial score (nSPS) is 17.7. The maximum Gasteiger partial charge on any atom is 0.278 e. The number of fused-ring (bicyclic) bond motifs is 1. The van der Waals surface area contributed by atoms with Gasteiger partial charge in [-0.3, -0.25) is 0 Å². The summed E-state index contributed by atoms with van der Waals surface area (Å²) >= 11 is 0. The van der Waals surface area contributed by atoms with Gasteiger partial charge in [-0.2, -0.15) is 0 Å².